The van der Waals surface area contributed by atoms with E-state index < -0.39 is 12.1 Å². The fourth-order valence-corrected chi connectivity index (χ4v) is 3.14. The lowest BCUT2D eigenvalue weighted by molar-refractivity contribution is -0.314. The largest absolute Gasteiger partial charge is 0.508 e. The Morgan fingerprint density at radius 3 is 2.59 bits per heavy atom. The van der Waals surface area contributed by atoms with E-state index in [9.17, 15) is 20.4 Å². The molecule has 2 aliphatic rings. The van der Waals surface area contributed by atoms with E-state index in [1.165, 1.54) is 18.2 Å². The molecule has 2 aliphatic heterocycles. The van der Waals surface area contributed by atoms with Gasteiger partial charge in [0.05, 0.1) is 6.61 Å². The van der Waals surface area contributed by atoms with Crippen LogP contribution in [0.25, 0.3) is 0 Å². The third kappa shape index (κ3) is 1.78. The molecule has 0 fully saturated rings. The number of aliphatic hydroxyl groups is 1. The fourth-order valence-electron chi connectivity index (χ4n) is 3.14. The Balaban J connectivity index is 1.83. The van der Waals surface area contributed by atoms with E-state index in [0.717, 1.165) is 11.1 Å². The summed E-state index contributed by atoms with van der Waals surface area (Å²) in [5, 5.41) is 39.0. The molecule has 2 atom stereocenters. The summed E-state index contributed by atoms with van der Waals surface area (Å²) in [5.41, 5.74) is 2.56. The normalized spacial score (nSPS) is 26.0. The minimum absolute atomic E-state index is 0.138. The Labute approximate surface area is 125 Å². The zero-order valence-corrected chi connectivity index (χ0v) is 11.5. The first-order valence-corrected chi connectivity index (χ1v) is 6.85. The molecule has 6 heteroatoms. The van der Waals surface area contributed by atoms with E-state index in [1.807, 2.05) is 0 Å². The van der Waals surface area contributed by atoms with E-state index >= 15 is 0 Å². The van der Waals surface area contributed by atoms with Crippen LogP contribution in [-0.4, -0.2) is 20.4 Å². The highest BCUT2D eigenvalue weighted by Crippen LogP contribution is 2.49. The van der Waals surface area contributed by atoms with Gasteiger partial charge in [0.15, 0.2) is 17.8 Å². The molecule has 0 saturated carbocycles. The van der Waals surface area contributed by atoms with Crippen molar-refractivity contribution >= 4 is 0 Å². The summed E-state index contributed by atoms with van der Waals surface area (Å²) in [6.07, 6.45) is -1.000. The van der Waals surface area contributed by atoms with E-state index in [-0.39, 0.29) is 30.3 Å². The molecule has 2 aromatic carbocycles. The predicted molar refractivity (Wildman–Crippen MR) is 74.1 cm³/mol. The number of benzene rings is 2. The number of phenolic OH excluding ortho intramolecular Hbond substituents is 3. The summed E-state index contributed by atoms with van der Waals surface area (Å²) < 4.78 is 11.4. The topological polar surface area (TPSA) is 99.4 Å². The van der Waals surface area contributed by atoms with Crippen LogP contribution < -0.4 is 0 Å². The van der Waals surface area contributed by atoms with Crippen LogP contribution in [0.5, 0.6) is 17.2 Å². The smallest absolute Gasteiger partial charge is 0.202 e. The molecule has 2 heterocycles. The molecule has 0 radical (unpaired) electrons. The monoisotopic (exact) mass is 302 g/mol. The molecule has 0 saturated heterocycles. The van der Waals surface area contributed by atoms with Crippen LogP contribution in [0.1, 0.15) is 28.5 Å². The highest BCUT2D eigenvalue weighted by molar-refractivity contribution is 5.49. The predicted octanol–water partition coefficient (Wildman–Crippen LogP) is 1.75. The summed E-state index contributed by atoms with van der Waals surface area (Å²) in [6, 6.07) is 7.53. The number of ether oxygens (including phenoxy) is 2. The van der Waals surface area contributed by atoms with Gasteiger partial charge < -0.3 is 29.9 Å². The molecule has 114 valence electrons. The van der Waals surface area contributed by atoms with Crippen LogP contribution in [0, 0.1) is 0 Å². The van der Waals surface area contributed by atoms with E-state index in [2.05, 4.69) is 0 Å². The number of fused-ring (bicyclic) bond motifs is 3. The number of aliphatic hydroxyl groups excluding tert-OH is 1. The molecule has 0 aliphatic carbocycles. The molecule has 4 N–H and O–H groups in total. The van der Waals surface area contributed by atoms with Crippen molar-refractivity contribution in [2.75, 3.05) is 0 Å². The molecule has 0 bridgehead atoms. The van der Waals surface area contributed by atoms with Crippen molar-refractivity contribution in [3.63, 3.8) is 0 Å². The highest BCUT2D eigenvalue weighted by Gasteiger charge is 2.47. The number of rotatable bonds is 0. The second-order valence-electron chi connectivity index (χ2n) is 5.57. The van der Waals surface area contributed by atoms with Crippen LogP contribution in [-0.2, 0) is 28.3 Å². The molecule has 6 nitrogen and oxygen atoms in total. The Morgan fingerprint density at radius 2 is 1.77 bits per heavy atom. The van der Waals surface area contributed by atoms with Gasteiger partial charge in [0.1, 0.15) is 5.75 Å². The third-order valence-electron chi connectivity index (χ3n) is 4.19. The maximum atomic E-state index is 10.2. The molecule has 2 aromatic rings. The van der Waals surface area contributed by atoms with Gasteiger partial charge in [-0.25, -0.2) is 0 Å². The van der Waals surface area contributed by atoms with Gasteiger partial charge in [-0.2, -0.15) is 0 Å². The number of aromatic hydroxyl groups is 3. The maximum absolute atomic E-state index is 10.2. The van der Waals surface area contributed by atoms with Gasteiger partial charge in [-0.1, -0.05) is 0 Å². The van der Waals surface area contributed by atoms with Crippen LogP contribution in [0.15, 0.2) is 30.3 Å². The van der Waals surface area contributed by atoms with Crippen LogP contribution in [0.4, 0.5) is 0 Å². The van der Waals surface area contributed by atoms with Crippen molar-refractivity contribution in [2.45, 2.75) is 25.1 Å². The van der Waals surface area contributed by atoms with Crippen molar-refractivity contribution in [2.24, 2.45) is 0 Å². The number of hydrogen-bond acceptors (Lipinski definition) is 6. The Morgan fingerprint density at radius 1 is 1.00 bits per heavy atom. The van der Waals surface area contributed by atoms with Gasteiger partial charge in [-0.15, -0.1) is 0 Å². The average molecular weight is 302 g/mol. The number of hydrogen-bond donors (Lipinski definition) is 4. The lowest BCUT2D eigenvalue weighted by Crippen LogP contribution is -2.37. The minimum atomic E-state index is -1.28. The van der Waals surface area contributed by atoms with Crippen LogP contribution >= 0.6 is 0 Å². The SMILES string of the molecule is Oc1ccc2c(c1)CO[C@]21Cc2cc(O)c(O)cc2[C@@H](O)O1. The quantitative estimate of drug-likeness (QED) is 0.553. The van der Waals surface area contributed by atoms with Gasteiger partial charge in [0.2, 0.25) is 5.79 Å². The molecule has 22 heavy (non-hydrogen) atoms. The molecule has 1 spiro atoms. The van der Waals surface area contributed by atoms with Crippen molar-refractivity contribution < 1.29 is 29.9 Å². The summed E-state index contributed by atoms with van der Waals surface area (Å²) in [4.78, 5) is 0. The van der Waals surface area contributed by atoms with Crippen LogP contribution in [0.3, 0.4) is 0 Å². The minimum Gasteiger partial charge on any atom is -0.508 e. The summed E-state index contributed by atoms with van der Waals surface area (Å²) in [7, 11) is 0. The molecule has 0 amide bonds. The molecular weight excluding hydrogens is 288 g/mol. The van der Waals surface area contributed by atoms with Gasteiger partial charge in [-0.3, -0.25) is 0 Å². The van der Waals surface area contributed by atoms with Gasteiger partial charge in [-0.05, 0) is 41.5 Å². The molecule has 0 aromatic heterocycles. The Bertz CT molecular complexity index is 771. The van der Waals surface area contributed by atoms with Crippen molar-refractivity contribution in [3.8, 4) is 17.2 Å². The van der Waals surface area contributed by atoms with E-state index in [4.69, 9.17) is 9.47 Å². The standard InChI is InChI=1S/C16H14O6/c17-10-1-2-12-9(3-10)7-21-16(12)6-8-4-13(18)14(19)5-11(8)15(20)22-16/h1-5,15,17-20H,6-7H2/t15-,16-/m0/s1. The third-order valence-corrected chi connectivity index (χ3v) is 4.19. The first-order valence-electron chi connectivity index (χ1n) is 6.85. The first-order chi connectivity index (χ1) is 10.5. The van der Waals surface area contributed by atoms with E-state index in [0.29, 0.717) is 11.1 Å². The van der Waals surface area contributed by atoms with Crippen molar-refractivity contribution in [3.05, 3.63) is 52.6 Å². The summed E-state index contributed by atoms with van der Waals surface area (Å²) in [6.45, 7) is 0.260. The first kappa shape index (κ1) is 13.4. The van der Waals surface area contributed by atoms with E-state index in [1.54, 1.807) is 12.1 Å². The highest BCUT2D eigenvalue weighted by atomic mass is 16.7. The fraction of sp³-hybridized carbons (Fsp3) is 0.250. The Hall–Kier alpha value is -2.28. The zero-order chi connectivity index (χ0) is 15.5. The molecule has 4 rings (SSSR count). The molecular formula is C16H14O6. The van der Waals surface area contributed by atoms with Crippen LogP contribution in [0.2, 0.25) is 0 Å². The second kappa shape index (κ2) is 4.36. The van der Waals surface area contributed by atoms with Crippen molar-refractivity contribution in [1.82, 2.24) is 0 Å². The lowest BCUT2D eigenvalue weighted by Gasteiger charge is -2.37. The van der Waals surface area contributed by atoms with Gasteiger partial charge in [0.25, 0.3) is 0 Å². The lowest BCUT2D eigenvalue weighted by atomic mass is 9.90. The summed E-state index contributed by atoms with van der Waals surface area (Å²) in [5.74, 6) is -1.58. The average Bonchev–Trinajstić information content (AvgIpc) is 2.79. The zero-order valence-electron chi connectivity index (χ0n) is 11.5. The second-order valence-corrected chi connectivity index (χ2v) is 5.57. The van der Waals surface area contributed by atoms with Gasteiger partial charge in [0, 0.05) is 17.5 Å². The number of phenols is 3. The Kier molecular flexibility index (Phi) is 2.65. The maximum Gasteiger partial charge on any atom is 0.202 e. The molecule has 0 unspecified atom stereocenters. The van der Waals surface area contributed by atoms with Gasteiger partial charge >= 0.3 is 0 Å². The summed E-state index contributed by atoms with van der Waals surface area (Å²) >= 11 is 0. The van der Waals surface area contributed by atoms with Crippen molar-refractivity contribution in [1.29, 1.82) is 0 Å².